The topological polar surface area (TPSA) is 58.1 Å². The van der Waals surface area contributed by atoms with Gasteiger partial charge in [0.15, 0.2) is 0 Å². The fourth-order valence-corrected chi connectivity index (χ4v) is 2.43. The number of carbonyl (C=O) groups excluding carboxylic acids is 1. The van der Waals surface area contributed by atoms with Crippen molar-refractivity contribution in [3.63, 3.8) is 0 Å². The second kappa shape index (κ2) is 4.24. The highest BCUT2D eigenvalue weighted by atomic mass is 16.1. The summed E-state index contributed by atoms with van der Waals surface area (Å²) in [5.74, 6) is 0.850. The van der Waals surface area contributed by atoms with Crippen LogP contribution in [0.25, 0.3) is 11.4 Å². The minimum absolute atomic E-state index is 0.316. The number of nitrogens with zero attached hydrogens (tertiary/aromatic N) is 2. The number of hydrogen-bond donors (Lipinski definition) is 1. The summed E-state index contributed by atoms with van der Waals surface area (Å²) >= 11 is 0. The van der Waals surface area contributed by atoms with Crippen LogP contribution in [0, 0.1) is 0 Å². The number of hydrogen-bond acceptors (Lipinski definition) is 3. The average molecular weight is 239 g/mol. The maximum absolute atomic E-state index is 10.5. The monoisotopic (exact) mass is 239 g/mol. The zero-order valence-corrected chi connectivity index (χ0v) is 9.89. The Kier molecular flexibility index (Phi) is 2.58. The maximum atomic E-state index is 10.5. The number of imidazole rings is 1. The van der Waals surface area contributed by atoms with Crippen molar-refractivity contribution in [1.29, 1.82) is 0 Å². The molecule has 0 radical (unpaired) electrons. The molecule has 1 N–H and O–H groups in total. The Morgan fingerprint density at radius 2 is 2.06 bits per heavy atom. The molecule has 1 heterocycles. The fraction of sp³-hybridized carbons (Fsp3) is 0.286. The predicted molar refractivity (Wildman–Crippen MR) is 67.7 cm³/mol. The van der Waals surface area contributed by atoms with Crippen LogP contribution in [0.5, 0.6) is 0 Å². The Balaban J connectivity index is 1.94. The molecular formula is C14H13N3O. The number of aromatic nitrogens is 2. The van der Waals surface area contributed by atoms with Gasteiger partial charge in [-0.3, -0.25) is 0 Å². The van der Waals surface area contributed by atoms with Crippen molar-refractivity contribution in [2.24, 2.45) is 4.99 Å². The molecule has 0 atom stereocenters. The summed E-state index contributed by atoms with van der Waals surface area (Å²) < 4.78 is 0. The van der Waals surface area contributed by atoms with Gasteiger partial charge in [0.2, 0.25) is 6.08 Å². The van der Waals surface area contributed by atoms with E-state index in [0.29, 0.717) is 0 Å². The van der Waals surface area contributed by atoms with Gasteiger partial charge in [0.1, 0.15) is 5.82 Å². The highest BCUT2D eigenvalue weighted by Gasteiger charge is 2.38. The third kappa shape index (κ3) is 1.67. The molecule has 2 aromatic rings. The molecule has 1 saturated carbocycles. The van der Waals surface area contributed by atoms with Crippen LogP contribution < -0.4 is 0 Å². The normalized spacial score (nSPS) is 16.7. The van der Waals surface area contributed by atoms with Gasteiger partial charge in [-0.2, -0.15) is 4.99 Å². The van der Waals surface area contributed by atoms with Crippen LogP contribution in [0.3, 0.4) is 0 Å². The lowest BCUT2D eigenvalue weighted by Gasteiger charge is -2.37. The van der Waals surface area contributed by atoms with Crippen LogP contribution in [-0.4, -0.2) is 16.0 Å². The van der Waals surface area contributed by atoms with Crippen LogP contribution in [0.4, 0.5) is 0 Å². The Morgan fingerprint density at radius 1 is 1.28 bits per heavy atom. The highest BCUT2D eigenvalue weighted by molar-refractivity contribution is 5.56. The lowest BCUT2D eigenvalue weighted by atomic mass is 9.72. The van der Waals surface area contributed by atoms with E-state index in [0.717, 1.165) is 36.2 Å². The summed E-state index contributed by atoms with van der Waals surface area (Å²) in [4.78, 5) is 21.8. The SMILES string of the molecule is O=C=NC1(c2ccc(-c3ncc[nH]3)cc2)CCC1. The first-order valence-electron chi connectivity index (χ1n) is 6.03. The number of aromatic amines is 1. The van der Waals surface area contributed by atoms with Crippen molar-refractivity contribution in [3.8, 4) is 11.4 Å². The van der Waals surface area contributed by atoms with Crippen molar-refractivity contribution < 1.29 is 4.79 Å². The number of benzene rings is 1. The van der Waals surface area contributed by atoms with Gasteiger partial charge in [0.25, 0.3) is 0 Å². The lowest BCUT2D eigenvalue weighted by molar-refractivity contribution is 0.256. The molecule has 90 valence electrons. The van der Waals surface area contributed by atoms with E-state index in [1.165, 1.54) is 0 Å². The summed E-state index contributed by atoms with van der Waals surface area (Å²) in [6.45, 7) is 0. The maximum Gasteiger partial charge on any atom is 0.235 e. The Morgan fingerprint density at radius 3 is 2.56 bits per heavy atom. The first-order valence-corrected chi connectivity index (χ1v) is 6.03. The molecule has 1 aliphatic carbocycles. The summed E-state index contributed by atoms with van der Waals surface area (Å²) in [7, 11) is 0. The largest absolute Gasteiger partial charge is 0.345 e. The Bertz CT molecular complexity index is 576. The van der Waals surface area contributed by atoms with E-state index < -0.39 is 0 Å². The quantitative estimate of drug-likeness (QED) is 0.661. The highest BCUT2D eigenvalue weighted by Crippen LogP contribution is 2.44. The van der Waals surface area contributed by atoms with Gasteiger partial charge in [-0.15, -0.1) is 0 Å². The molecule has 0 amide bonds. The third-order valence-electron chi connectivity index (χ3n) is 3.63. The van der Waals surface area contributed by atoms with Crippen molar-refractivity contribution in [2.75, 3.05) is 0 Å². The minimum atomic E-state index is -0.316. The van der Waals surface area contributed by atoms with Crippen molar-refractivity contribution in [1.82, 2.24) is 9.97 Å². The van der Waals surface area contributed by atoms with E-state index in [-0.39, 0.29) is 5.54 Å². The summed E-state index contributed by atoms with van der Waals surface area (Å²) in [6.07, 6.45) is 8.22. The average Bonchev–Trinajstić information content (AvgIpc) is 2.88. The Hall–Kier alpha value is -2.19. The molecule has 1 fully saturated rings. The predicted octanol–water partition coefficient (Wildman–Crippen LogP) is 2.79. The molecule has 4 heteroatoms. The van der Waals surface area contributed by atoms with Crippen LogP contribution >= 0.6 is 0 Å². The van der Waals surface area contributed by atoms with Gasteiger partial charge >= 0.3 is 0 Å². The smallest absolute Gasteiger partial charge is 0.235 e. The number of nitrogens with one attached hydrogen (secondary N) is 1. The molecule has 1 aliphatic rings. The first kappa shape index (κ1) is 10.9. The summed E-state index contributed by atoms with van der Waals surface area (Å²) in [5, 5.41) is 0. The van der Waals surface area contributed by atoms with E-state index in [1.54, 1.807) is 18.5 Å². The Labute approximate surface area is 105 Å². The van der Waals surface area contributed by atoms with E-state index in [4.69, 9.17) is 0 Å². The van der Waals surface area contributed by atoms with E-state index in [1.807, 2.05) is 24.3 Å². The van der Waals surface area contributed by atoms with E-state index >= 15 is 0 Å². The van der Waals surface area contributed by atoms with Gasteiger partial charge in [-0.05, 0) is 24.8 Å². The number of H-pyrrole nitrogens is 1. The molecule has 0 unspecified atom stereocenters. The van der Waals surface area contributed by atoms with Gasteiger partial charge in [0.05, 0.1) is 5.54 Å². The molecule has 0 aliphatic heterocycles. The second-order valence-corrected chi connectivity index (χ2v) is 4.60. The molecule has 4 nitrogen and oxygen atoms in total. The van der Waals surface area contributed by atoms with E-state index in [9.17, 15) is 4.79 Å². The number of rotatable bonds is 3. The van der Waals surface area contributed by atoms with Crippen LogP contribution in [0.2, 0.25) is 0 Å². The fourth-order valence-electron chi connectivity index (χ4n) is 2.43. The lowest BCUT2D eigenvalue weighted by Crippen LogP contribution is -2.31. The zero-order valence-electron chi connectivity index (χ0n) is 9.89. The van der Waals surface area contributed by atoms with Gasteiger partial charge in [-0.25, -0.2) is 9.78 Å². The standard InChI is InChI=1S/C14H13N3O/c18-10-17-14(6-1-7-14)12-4-2-11(3-5-12)13-15-8-9-16-13/h2-5,8-9H,1,6-7H2,(H,15,16). The minimum Gasteiger partial charge on any atom is -0.345 e. The second-order valence-electron chi connectivity index (χ2n) is 4.60. The molecular weight excluding hydrogens is 226 g/mol. The van der Waals surface area contributed by atoms with Gasteiger partial charge < -0.3 is 4.98 Å². The molecule has 3 rings (SSSR count). The van der Waals surface area contributed by atoms with Crippen LogP contribution in [-0.2, 0) is 10.3 Å². The van der Waals surface area contributed by atoms with Crippen molar-refractivity contribution in [3.05, 3.63) is 42.2 Å². The van der Waals surface area contributed by atoms with Gasteiger partial charge in [0, 0.05) is 18.0 Å². The third-order valence-corrected chi connectivity index (χ3v) is 3.63. The number of isocyanates is 1. The summed E-state index contributed by atoms with van der Waals surface area (Å²) in [5.41, 5.74) is 1.81. The molecule has 18 heavy (non-hydrogen) atoms. The zero-order chi connectivity index (χ0) is 12.4. The van der Waals surface area contributed by atoms with Crippen LogP contribution in [0.1, 0.15) is 24.8 Å². The van der Waals surface area contributed by atoms with Crippen molar-refractivity contribution >= 4 is 6.08 Å². The van der Waals surface area contributed by atoms with Crippen LogP contribution in [0.15, 0.2) is 41.7 Å². The molecule has 1 aromatic heterocycles. The van der Waals surface area contributed by atoms with E-state index in [2.05, 4.69) is 15.0 Å². The molecule has 1 aromatic carbocycles. The van der Waals surface area contributed by atoms with Gasteiger partial charge in [-0.1, -0.05) is 24.3 Å². The molecule has 0 spiro atoms. The summed E-state index contributed by atoms with van der Waals surface area (Å²) in [6, 6.07) is 8.07. The first-order chi connectivity index (χ1) is 8.84. The molecule has 0 saturated heterocycles. The van der Waals surface area contributed by atoms with Crippen molar-refractivity contribution in [2.45, 2.75) is 24.8 Å². The number of aliphatic imine (C=N–C) groups is 1. The molecule has 0 bridgehead atoms.